The molecule has 1 N–H and O–H groups in total. The number of quaternary nitrogens is 1. The Morgan fingerprint density at radius 3 is 2.66 bits per heavy atom. The fourth-order valence-corrected chi connectivity index (χ4v) is 3.78. The van der Waals surface area contributed by atoms with E-state index in [1.54, 1.807) is 24.3 Å². The zero-order chi connectivity index (χ0) is 23.3. The van der Waals surface area contributed by atoms with E-state index in [0.717, 1.165) is 13.0 Å². The molecule has 0 fully saturated rings. The lowest BCUT2D eigenvalue weighted by Gasteiger charge is -2.28. The molecule has 0 aliphatic carbocycles. The molecule has 1 amide bonds. The van der Waals surface area contributed by atoms with E-state index < -0.39 is 23.5 Å². The van der Waals surface area contributed by atoms with Gasteiger partial charge in [-0.3, -0.25) is 9.59 Å². The van der Waals surface area contributed by atoms with Crippen molar-refractivity contribution >= 4 is 11.7 Å². The van der Waals surface area contributed by atoms with Crippen LogP contribution in [0.4, 0.5) is 0 Å². The Bertz CT molecular complexity index is 980. The maximum absolute atomic E-state index is 13.1. The molecule has 1 aliphatic rings. The molecular formula is C24H30N2O6. The van der Waals surface area contributed by atoms with Crippen molar-refractivity contribution in [2.24, 2.45) is 0 Å². The third-order valence-corrected chi connectivity index (χ3v) is 5.32. The second kappa shape index (κ2) is 10.4. The molecule has 1 atom stereocenters. The molecule has 172 valence electrons. The van der Waals surface area contributed by atoms with Crippen LogP contribution in [0.25, 0.3) is 0 Å². The zero-order valence-corrected chi connectivity index (χ0v) is 19.0. The van der Waals surface area contributed by atoms with Crippen molar-refractivity contribution in [2.75, 3.05) is 40.9 Å². The molecule has 0 saturated carbocycles. The zero-order valence-electron chi connectivity index (χ0n) is 19.0. The van der Waals surface area contributed by atoms with E-state index in [-0.39, 0.29) is 11.3 Å². The van der Waals surface area contributed by atoms with Crippen LogP contribution in [0, 0.1) is 0 Å². The Kier molecular flexibility index (Phi) is 7.58. The first-order valence-corrected chi connectivity index (χ1v) is 10.8. The highest BCUT2D eigenvalue weighted by molar-refractivity contribution is 6.14. The smallest absolute Gasteiger partial charge is 0.239 e. The predicted octanol–water partition coefficient (Wildman–Crippen LogP) is 0.992. The summed E-state index contributed by atoms with van der Waals surface area (Å²) < 4.78 is 16.4. The van der Waals surface area contributed by atoms with Gasteiger partial charge in [0.1, 0.15) is 0 Å². The summed E-state index contributed by atoms with van der Waals surface area (Å²) in [6.45, 7) is 3.71. The number of carbonyl (C=O) groups excluding carboxylic acids is 2. The Labute approximate surface area is 188 Å². The van der Waals surface area contributed by atoms with Gasteiger partial charge >= 0.3 is 0 Å². The maximum atomic E-state index is 13.1. The molecule has 1 aliphatic heterocycles. The van der Waals surface area contributed by atoms with Gasteiger partial charge in [-0.25, -0.2) is 0 Å². The summed E-state index contributed by atoms with van der Waals surface area (Å²) in [5.41, 5.74) is 0.503. The van der Waals surface area contributed by atoms with Gasteiger partial charge in [0.2, 0.25) is 11.7 Å². The summed E-state index contributed by atoms with van der Waals surface area (Å²) in [4.78, 5) is 28.8. The number of carbonyl (C=O) groups is 2. The highest BCUT2D eigenvalue weighted by Crippen LogP contribution is 2.41. The summed E-state index contributed by atoms with van der Waals surface area (Å²) in [6, 6.07) is 7.48. The minimum atomic E-state index is -0.820. The van der Waals surface area contributed by atoms with Gasteiger partial charge in [-0.15, -0.1) is 0 Å². The van der Waals surface area contributed by atoms with Crippen molar-refractivity contribution in [1.82, 2.24) is 4.90 Å². The van der Waals surface area contributed by atoms with Crippen LogP contribution in [-0.4, -0.2) is 57.5 Å². The van der Waals surface area contributed by atoms with Crippen molar-refractivity contribution in [2.45, 2.75) is 25.8 Å². The van der Waals surface area contributed by atoms with Gasteiger partial charge in [-0.1, -0.05) is 13.0 Å². The molecule has 0 saturated heterocycles. The molecule has 3 rings (SSSR count). The highest BCUT2D eigenvalue weighted by atomic mass is 16.5. The average molecular weight is 443 g/mol. The summed E-state index contributed by atoms with van der Waals surface area (Å²) in [6.07, 6.45) is 2.90. The van der Waals surface area contributed by atoms with Crippen LogP contribution in [0.3, 0.4) is 0 Å². The lowest BCUT2D eigenvalue weighted by atomic mass is 9.94. The predicted molar refractivity (Wildman–Crippen MR) is 116 cm³/mol. The van der Waals surface area contributed by atoms with E-state index in [1.165, 1.54) is 29.2 Å². The first-order chi connectivity index (χ1) is 15.4. The van der Waals surface area contributed by atoms with Crippen LogP contribution in [0.1, 0.15) is 41.9 Å². The quantitative estimate of drug-likeness (QED) is 0.522. The first kappa shape index (κ1) is 23.4. The monoisotopic (exact) mass is 442 g/mol. The van der Waals surface area contributed by atoms with Crippen molar-refractivity contribution < 1.29 is 33.5 Å². The van der Waals surface area contributed by atoms with E-state index in [9.17, 15) is 14.7 Å². The highest BCUT2D eigenvalue weighted by Gasteiger charge is 2.40. The molecule has 2 heterocycles. The van der Waals surface area contributed by atoms with Crippen LogP contribution >= 0.6 is 0 Å². The van der Waals surface area contributed by atoms with Crippen LogP contribution in [0.15, 0.2) is 52.3 Å². The van der Waals surface area contributed by atoms with Crippen molar-refractivity contribution in [1.29, 1.82) is 0 Å². The molecule has 0 radical (unpaired) electrons. The number of Topliss-reactive ketones (excluding diaryl/α,β-unsaturated/α-hetero) is 1. The summed E-state index contributed by atoms with van der Waals surface area (Å²) in [5, 5.41) is 12.9. The summed E-state index contributed by atoms with van der Waals surface area (Å²) >= 11 is 0. The van der Waals surface area contributed by atoms with Crippen molar-refractivity contribution in [3.8, 4) is 11.5 Å². The van der Waals surface area contributed by atoms with Crippen molar-refractivity contribution in [3.05, 3.63) is 59.3 Å². The van der Waals surface area contributed by atoms with Gasteiger partial charge in [-0.05, 0) is 42.0 Å². The standard InChI is InChI=1S/C24H30N2O6/c1-5-13-31-17-10-9-16(15-19(17)30-4)21-20(22(27)18-8-6-14-32-18)23(28)24(29)26(21)12-7-11-25(2)3/h6,8-10,14-15,21,28H,5,7,11-13H2,1-4H3. The fourth-order valence-electron chi connectivity index (χ4n) is 3.78. The summed E-state index contributed by atoms with van der Waals surface area (Å²) in [5.74, 6) is -0.978. The van der Waals surface area contributed by atoms with Crippen LogP contribution in [-0.2, 0) is 4.79 Å². The molecule has 1 unspecified atom stereocenters. The van der Waals surface area contributed by atoms with Crippen LogP contribution < -0.4 is 19.5 Å². The molecular weight excluding hydrogens is 412 g/mol. The molecule has 8 nitrogen and oxygen atoms in total. The number of nitrogens with zero attached hydrogens (tertiary/aromatic N) is 1. The molecule has 8 heteroatoms. The van der Waals surface area contributed by atoms with Gasteiger partial charge in [0.05, 0.1) is 46.7 Å². The molecule has 0 spiro atoms. The van der Waals surface area contributed by atoms with Gasteiger partial charge < -0.3 is 28.8 Å². The second-order valence-corrected chi connectivity index (χ2v) is 8.02. The SMILES string of the molecule is CCCOc1ccc(C2C(C(=O)c3ccco3)=C([O-])C(=O)N2CCC[NH+](C)C)cc1OC. The number of methoxy groups -OCH3 is 1. The lowest BCUT2D eigenvalue weighted by Crippen LogP contribution is -3.05. The number of ether oxygens (including phenoxy) is 2. The topological polar surface area (TPSA) is 96.5 Å². The van der Waals surface area contributed by atoms with E-state index >= 15 is 0 Å². The number of furan rings is 1. The van der Waals surface area contributed by atoms with Crippen LogP contribution in [0.2, 0.25) is 0 Å². The number of nitrogens with one attached hydrogen (secondary N) is 1. The van der Waals surface area contributed by atoms with E-state index in [4.69, 9.17) is 13.9 Å². The molecule has 2 aromatic rings. The number of hydrogen-bond acceptors (Lipinski definition) is 6. The van der Waals surface area contributed by atoms with Gasteiger partial charge in [-0.2, -0.15) is 0 Å². The Balaban J connectivity index is 2.02. The van der Waals surface area contributed by atoms with Gasteiger partial charge in [0, 0.05) is 18.5 Å². The fraction of sp³-hybridized carbons (Fsp3) is 0.417. The number of hydrogen-bond donors (Lipinski definition) is 1. The molecule has 1 aromatic heterocycles. The Morgan fingerprint density at radius 2 is 2.03 bits per heavy atom. The van der Waals surface area contributed by atoms with Crippen molar-refractivity contribution in [3.63, 3.8) is 0 Å². The molecule has 32 heavy (non-hydrogen) atoms. The van der Waals surface area contributed by atoms with E-state index in [1.807, 2.05) is 21.0 Å². The third-order valence-electron chi connectivity index (χ3n) is 5.32. The van der Waals surface area contributed by atoms with E-state index in [2.05, 4.69) is 0 Å². The minimum absolute atomic E-state index is 0.0283. The minimum Gasteiger partial charge on any atom is -0.868 e. The molecule has 1 aromatic carbocycles. The number of rotatable bonds is 11. The normalized spacial score (nSPS) is 16.2. The average Bonchev–Trinajstić information content (AvgIpc) is 3.40. The van der Waals surface area contributed by atoms with Gasteiger partial charge in [0.15, 0.2) is 17.3 Å². The molecule has 0 bridgehead atoms. The van der Waals surface area contributed by atoms with E-state index in [0.29, 0.717) is 36.6 Å². The largest absolute Gasteiger partial charge is 0.868 e. The second-order valence-electron chi connectivity index (χ2n) is 8.02. The summed E-state index contributed by atoms with van der Waals surface area (Å²) in [7, 11) is 5.57. The lowest BCUT2D eigenvalue weighted by molar-refractivity contribution is -0.858. The maximum Gasteiger partial charge on any atom is 0.239 e. The Hall–Kier alpha value is -3.26. The van der Waals surface area contributed by atoms with Crippen LogP contribution in [0.5, 0.6) is 11.5 Å². The van der Waals surface area contributed by atoms with Gasteiger partial charge in [0.25, 0.3) is 0 Å². The number of benzene rings is 1. The first-order valence-electron chi connectivity index (χ1n) is 10.8. The third kappa shape index (κ3) is 4.80. The number of ketones is 1. The Morgan fingerprint density at radius 1 is 1.25 bits per heavy atom. The number of amides is 1.